The first kappa shape index (κ1) is 21.2. The van der Waals surface area contributed by atoms with Crippen molar-refractivity contribution in [1.29, 1.82) is 0 Å². The Bertz CT molecular complexity index is 1230. The highest BCUT2D eigenvalue weighted by molar-refractivity contribution is 6.04. The number of Topliss-reactive ketones (excluding diaryl/α,β-unsaturated/α-hetero) is 1. The topological polar surface area (TPSA) is 97.2 Å². The van der Waals surface area contributed by atoms with Crippen molar-refractivity contribution >= 4 is 28.6 Å². The van der Waals surface area contributed by atoms with Gasteiger partial charge in [-0.25, -0.2) is 14.1 Å². The molecule has 0 radical (unpaired) electrons. The molecule has 1 N–H and O–H groups in total. The van der Waals surface area contributed by atoms with Gasteiger partial charge in [0, 0.05) is 31.5 Å². The fourth-order valence-corrected chi connectivity index (χ4v) is 4.61. The lowest BCUT2D eigenvalue weighted by molar-refractivity contribution is -0.139. The molecular weight excluding hydrogens is 425 g/mol. The van der Waals surface area contributed by atoms with E-state index in [9.17, 15) is 18.8 Å². The molecule has 1 saturated heterocycles. The smallest absolute Gasteiger partial charge is 0.245 e. The van der Waals surface area contributed by atoms with E-state index < -0.39 is 18.1 Å². The number of fused-ring (bicyclic) bond motifs is 1. The van der Waals surface area contributed by atoms with Crippen molar-refractivity contribution in [3.8, 4) is 0 Å². The molecular formula is C24H24FN5O3. The van der Waals surface area contributed by atoms with E-state index in [1.54, 1.807) is 18.3 Å². The number of benzene rings is 1. The fourth-order valence-electron chi connectivity index (χ4n) is 4.61. The minimum atomic E-state index is -1.27. The Morgan fingerprint density at radius 1 is 1.12 bits per heavy atom. The number of halogens is 1. The van der Waals surface area contributed by atoms with E-state index in [0.717, 1.165) is 12.0 Å². The van der Waals surface area contributed by atoms with E-state index in [-0.39, 0.29) is 48.9 Å². The molecule has 9 heteroatoms. The van der Waals surface area contributed by atoms with Crippen LogP contribution in [0.5, 0.6) is 0 Å². The molecule has 2 aliphatic rings. The SMILES string of the molecule is CC(=O)c1nn(CC(=O)N2C[C@H](F)C[C@H]2C(=O)N[C@@H]2C[C@H]2c2ccccc2)c2ncccc12. The maximum absolute atomic E-state index is 14.3. The number of rotatable bonds is 6. The average Bonchev–Trinajstić information content (AvgIpc) is 3.30. The number of aromatic nitrogens is 3. The molecule has 3 aromatic rings. The minimum absolute atomic E-state index is 0.00658. The van der Waals surface area contributed by atoms with Crippen LogP contribution in [0.25, 0.3) is 11.0 Å². The summed E-state index contributed by atoms with van der Waals surface area (Å²) in [7, 11) is 0. The second-order valence-electron chi connectivity index (χ2n) is 8.70. The van der Waals surface area contributed by atoms with Crippen molar-refractivity contribution in [2.75, 3.05) is 6.54 Å². The molecule has 1 aliphatic carbocycles. The van der Waals surface area contributed by atoms with Gasteiger partial charge in [0.05, 0.1) is 11.9 Å². The van der Waals surface area contributed by atoms with Gasteiger partial charge in [-0.3, -0.25) is 14.4 Å². The zero-order valence-electron chi connectivity index (χ0n) is 18.1. The van der Waals surface area contributed by atoms with Gasteiger partial charge < -0.3 is 10.2 Å². The van der Waals surface area contributed by atoms with Gasteiger partial charge in [-0.1, -0.05) is 30.3 Å². The first-order valence-electron chi connectivity index (χ1n) is 11.0. The number of amides is 2. The van der Waals surface area contributed by atoms with Crippen molar-refractivity contribution in [2.24, 2.45) is 0 Å². The summed E-state index contributed by atoms with van der Waals surface area (Å²) in [5, 5.41) is 7.79. The lowest BCUT2D eigenvalue weighted by Crippen LogP contribution is -2.47. The molecule has 0 bridgehead atoms. The van der Waals surface area contributed by atoms with Gasteiger partial charge in [-0.2, -0.15) is 5.10 Å². The lowest BCUT2D eigenvalue weighted by atomic mass is 10.1. The van der Waals surface area contributed by atoms with Gasteiger partial charge in [-0.05, 0) is 24.1 Å². The molecule has 170 valence electrons. The highest BCUT2D eigenvalue weighted by Crippen LogP contribution is 2.41. The lowest BCUT2D eigenvalue weighted by Gasteiger charge is -2.23. The Labute approximate surface area is 189 Å². The fraction of sp³-hybridized carbons (Fsp3) is 0.375. The van der Waals surface area contributed by atoms with Crippen LogP contribution in [0.3, 0.4) is 0 Å². The van der Waals surface area contributed by atoms with Gasteiger partial charge in [-0.15, -0.1) is 0 Å². The summed E-state index contributed by atoms with van der Waals surface area (Å²) in [6, 6.07) is 12.5. The highest BCUT2D eigenvalue weighted by Gasteiger charge is 2.44. The Balaban J connectivity index is 1.29. The third-order valence-electron chi connectivity index (χ3n) is 6.34. The quantitative estimate of drug-likeness (QED) is 0.582. The molecule has 0 spiro atoms. The molecule has 3 heterocycles. The van der Waals surface area contributed by atoms with Crippen LogP contribution in [-0.2, 0) is 16.1 Å². The molecule has 2 fully saturated rings. The number of likely N-dealkylation sites (tertiary alicyclic amines) is 1. The maximum atomic E-state index is 14.3. The van der Waals surface area contributed by atoms with Gasteiger partial charge in [0.2, 0.25) is 11.8 Å². The van der Waals surface area contributed by atoms with Gasteiger partial charge in [0.25, 0.3) is 0 Å². The summed E-state index contributed by atoms with van der Waals surface area (Å²) in [4.78, 5) is 43.5. The van der Waals surface area contributed by atoms with Gasteiger partial charge >= 0.3 is 0 Å². The Kier molecular flexibility index (Phi) is 5.39. The summed E-state index contributed by atoms with van der Waals surface area (Å²) < 4.78 is 15.6. The number of carbonyl (C=O) groups is 3. The first-order chi connectivity index (χ1) is 15.9. The molecule has 2 amide bonds. The number of pyridine rings is 1. The van der Waals surface area contributed by atoms with E-state index in [1.165, 1.54) is 16.5 Å². The van der Waals surface area contributed by atoms with Crippen molar-refractivity contribution in [3.05, 3.63) is 59.9 Å². The first-order valence-corrected chi connectivity index (χ1v) is 11.0. The predicted octanol–water partition coefficient (Wildman–Crippen LogP) is 2.25. The molecule has 8 nitrogen and oxygen atoms in total. The van der Waals surface area contributed by atoms with Crippen molar-refractivity contribution in [2.45, 2.75) is 50.5 Å². The van der Waals surface area contributed by atoms with E-state index >= 15 is 0 Å². The zero-order valence-corrected chi connectivity index (χ0v) is 18.1. The largest absolute Gasteiger partial charge is 0.351 e. The summed E-state index contributed by atoms with van der Waals surface area (Å²) in [5.74, 6) is -0.761. The van der Waals surface area contributed by atoms with Crippen LogP contribution < -0.4 is 5.32 Å². The predicted molar refractivity (Wildman–Crippen MR) is 118 cm³/mol. The maximum Gasteiger partial charge on any atom is 0.245 e. The van der Waals surface area contributed by atoms with Crippen molar-refractivity contribution < 1.29 is 18.8 Å². The standard InChI is InChI=1S/C24H24FN5O3/c1-14(31)22-17-8-5-9-26-23(17)30(28-22)13-21(32)29-12-16(25)10-20(29)24(33)27-19-11-18(19)15-6-3-2-4-7-15/h2-9,16,18-20H,10-13H2,1H3,(H,27,33)/t16-,18+,19-,20+/m1/s1. The van der Waals surface area contributed by atoms with E-state index in [0.29, 0.717) is 11.0 Å². The van der Waals surface area contributed by atoms with E-state index in [1.807, 2.05) is 30.3 Å². The van der Waals surface area contributed by atoms with Gasteiger partial charge in [0.15, 0.2) is 11.4 Å². The summed E-state index contributed by atoms with van der Waals surface area (Å²) in [6.45, 7) is 1.03. The number of ketones is 1. The monoisotopic (exact) mass is 449 g/mol. The number of alkyl halides is 1. The molecule has 33 heavy (non-hydrogen) atoms. The molecule has 0 unspecified atom stereocenters. The number of nitrogens with zero attached hydrogens (tertiary/aromatic N) is 4. The number of nitrogens with one attached hydrogen (secondary N) is 1. The molecule has 1 saturated carbocycles. The van der Waals surface area contributed by atoms with Crippen LogP contribution in [0.4, 0.5) is 4.39 Å². The van der Waals surface area contributed by atoms with Crippen molar-refractivity contribution in [1.82, 2.24) is 25.0 Å². The van der Waals surface area contributed by atoms with Crippen LogP contribution >= 0.6 is 0 Å². The third-order valence-corrected chi connectivity index (χ3v) is 6.34. The van der Waals surface area contributed by atoms with E-state index in [2.05, 4.69) is 15.4 Å². The number of hydrogen-bond acceptors (Lipinski definition) is 5. The van der Waals surface area contributed by atoms with Gasteiger partial charge in [0.1, 0.15) is 24.5 Å². The van der Waals surface area contributed by atoms with Crippen LogP contribution in [0.1, 0.15) is 41.7 Å². The van der Waals surface area contributed by atoms with Crippen LogP contribution in [0.2, 0.25) is 0 Å². The highest BCUT2D eigenvalue weighted by atomic mass is 19.1. The minimum Gasteiger partial charge on any atom is -0.351 e. The van der Waals surface area contributed by atoms with Crippen LogP contribution in [-0.4, -0.2) is 62.1 Å². The normalized spacial score (nSPS) is 24.1. The Morgan fingerprint density at radius 2 is 1.91 bits per heavy atom. The summed E-state index contributed by atoms with van der Waals surface area (Å²) >= 11 is 0. The van der Waals surface area contributed by atoms with Crippen LogP contribution in [0, 0.1) is 0 Å². The Morgan fingerprint density at radius 3 is 2.67 bits per heavy atom. The number of hydrogen-bond donors (Lipinski definition) is 1. The average molecular weight is 449 g/mol. The third kappa shape index (κ3) is 4.10. The molecule has 1 aromatic carbocycles. The number of carbonyl (C=O) groups excluding carboxylic acids is 3. The molecule has 4 atom stereocenters. The second-order valence-corrected chi connectivity index (χ2v) is 8.70. The van der Waals surface area contributed by atoms with E-state index in [4.69, 9.17) is 0 Å². The molecule has 2 aromatic heterocycles. The summed E-state index contributed by atoms with van der Waals surface area (Å²) in [5.41, 5.74) is 1.78. The molecule has 1 aliphatic heterocycles. The van der Waals surface area contributed by atoms with Crippen LogP contribution in [0.15, 0.2) is 48.7 Å². The summed E-state index contributed by atoms with van der Waals surface area (Å²) in [6.07, 6.45) is 1.08. The zero-order chi connectivity index (χ0) is 23.1. The second kappa shape index (κ2) is 8.38. The Hall–Kier alpha value is -3.62. The molecule has 5 rings (SSSR count). The van der Waals surface area contributed by atoms with Crippen molar-refractivity contribution in [3.63, 3.8) is 0 Å².